The first kappa shape index (κ1) is 15.4. The molecule has 0 spiro atoms. The molecule has 1 aliphatic heterocycles. The summed E-state index contributed by atoms with van der Waals surface area (Å²) in [5.41, 5.74) is 0. The number of hydrogen-bond donors (Lipinski definition) is 1. The number of nitrogens with zero attached hydrogens (tertiary/aromatic N) is 2. The Hall–Kier alpha value is -0.610. The highest BCUT2D eigenvalue weighted by Gasteiger charge is 2.21. The Morgan fingerprint density at radius 3 is 2.56 bits per heavy atom. The molecule has 1 unspecified atom stereocenters. The number of carbonyl (C=O) groups excluding carboxylic acids is 1. The number of carbonyl (C=O) groups is 1. The van der Waals surface area contributed by atoms with E-state index in [0.717, 1.165) is 52.0 Å². The maximum atomic E-state index is 12.4. The predicted octanol–water partition coefficient (Wildman–Crippen LogP) is 1.32. The number of rotatable bonds is 7. The summed E-state index contributed by atoms with van der Waals surface area (Å²) in [4.78, 5) is 16.7. The van der Waals surface area contributed by atoms with E-state index >= 15 is 0 Å². The van der Waals surface area contributed by atoms with Gasteiger partial charge in [0.2, 0.25) is 5.91 Å². The molecular formula is C14H29N3O. The first-order valence-corrected chi connectivity index (χ1v) is 7.41. The number of nitrogens with one attached hydrogen (secondary N) is 1. The van der Waals surface area contributed by atoms with Crippen molar-refractivity contribution in [1.29, 1.82) is 0 Å². The van der Waals surface area contributed by atoms with Gasteiger partial charge in [0, 0.05) is 38.8 Å². The fraction of sp³-hybridized carbons (Fsp3) is 0.929. The van der Waals surface area contributed by atoms with E-state index in [1.807, 2.05) is 0 Å². The smallest absolute Gasteiger partial charge is 0.236 e. The van der Waals surface area contributed by atoms with E-state index in [1.54, 1.807) is 0 Å². The first-order valence-electron chi connectivity index (χ1n) is 7.41. The molecule has 0 saturated carbocycles. The molecule has 0 aromatic carbocycles. The lowest BCUT2D eigenvalue weighted by molar-refractivity contribution is -0.134. The van der Waals surface area contributed by atoms with Crippen LogP contribution in [0.4, 0.5) is 0 Å². The van der Waals surface area contributed by atoms with Crippen molar-refractivity contribution in [1.82, 2.24) is 15.1 Å². The van der Waals surface area contributed by atoms with Crippen LogP contribution >= 0.6 is 0 Å². The van der Waals surface area contributed by atoms with Crippen molar-refractivity contribution < 1.29 is 4.79 Å². The zero-order chi connectivity index (χ0) is 13.4. The van der Waals surface area contributed by atoms with Crippen LogP contribution in [0, 0.1) is 0 Å². The molecule has 4 heteroatoms. The van der Waals surface area contributed by atoms with Crippen LogP contribution in [-0.4, -0.2) is 61.0 Å². The molecule has 1 heterocycles. The molecule has 4 nitrogen and oxygen atoms in total. The standard InChI is InChI=1S/C14H29N3O/c1-4-6-9-17(13(3)5-2)14(18)12-16-10-7-15-8-11-16/h13,15H,4-12H2,1-3H3. The van der Waals surface area contributed by atoms with Gasteiger partial charge in [0.05, 0.1) is 6.54 Å². The van der Waals surface area contributed by atoms with Crippen molar-refractivity contribution in [3.8, 4) is 0 Å². The molecule has 1 aliphatic rings. The Kier molecular flexibility index (Phi) is 7.28. The van der Waals surface area contributed by atoms with Gasteiger partial charge >= 0.3 is 0 Å². The fourth-order valence-electron chi connectivity index (χ4n) is 2.29. The molecular weight excluding hydrogens is 226 g/mol. The average molecular weight is 255 g/mol. The normalized spacial score (nSPS) is 18.6. The molecule has 0 aromatic rings. The van der Waals surface area contributed by atoms with Crippen LogP contribution in [-0.2, 0) is 4.79 Å². The molecule has 1 rings (SSSR count). The van der Waals surface area contributed by atoms with E-state index in [0.29, 0.717) is 18.5 Å². The quantitative estimate of drug-likeness (QED) is 0.745. The minimum atomic E-state index is 0.305. The van der Waals surface area contributed by atoms with Gasteiger partial charge in [0.1, 0.15) is 0 Å². The third-order valence-corrected chi connectivity index (χ3v) is 3.76. The third kappa shape index (κ3) is 4.94. The largest absolute Gasteiger partial charge is 0.339 e. The lowest BCUT2D eigenvalue weighted by atomic mass is 10.2. The highest BCUT2D eigenvalue weighted by atomic mass is 16.2. The Balaban J connectivity index is 2.46. The second kappa shape index (κ2) is 8.48. The van der Waals surface area contributed by atoms with Crippen molar-refractivity contribution in [2.45, 2.75) is 46.1 Å². The monoisotopic (exact) mass is 255 g/mol. The van der Waals surface area contributed by atoms with Gasteiger partial charge in [-0.2, -0.15) is 0 Å². The van der Waals surface area contributed by atoms with Crippen LogP contribution in [0.5, 0.6) is 0 Å². The summed E-state index contributed by atoms with van der Waals surface area (Å²) in [5.74, 6) is 0.305. The Morgan fingerprint density at radius 2 is 2.00 bits per heavy atom. The second-order valence-corrected chi connectivity index (χ2v) is 5.22. The van der Waals surface area contributed by atoms with Gasteiger partial charge in [-0.25, -0.2) is 0 Å². The van der Waals surface area contributed by atoms with Gasteiger partial charge in [-0.1, -0.05) is 20.3 Å². The zero-order valence-corrected chi connectivity index (χ0v) is 12.2. The van der Waals surface area contributed by atoms with Gasteiger partial charge < -0.3 is 10.2 Å². The van der Waals surface area contributed by atoms with Crippen LogP contribution in [0.15, 0.2) is 0 Å². The van der Waals surface area contributed by atoms with Crippen molar-refractivity contribution in [2.75, 3.05) is 39.3 Å². The van der Waals surface area contributed by atoms with E-state index in [2.05, 4.69) is 35.9 Å². The lowest BCUT2D eigenvalue weighted by Gasteiger charge is -2.33. The van der Waals surface area contributed by atoms with Crippen LogP contribution in [0.3, 0.4) is 0 Å². The SMILES string of the molecule is CCCCN(C(=O)CN1CCNCC1)C(C)CC. The summed E-state index contributed by atoms with van der Waals surface area (Å²) >= 11 is 0. The molecule has 0 aliphatic carbocycles. The first-order chi connectivity index (χ1) is 8.69. The van der Waals surface area contributed by atoms with Crippen molar-refractivity contribution in [2.24, 2.45) is 0 Å². The van der Waals surface area contributed by atoms with Crippen LogP contribution in [0.2, 0.25) is 0 Å². The molecule has 18 heavy (non-hydrogen) atoms. The second-order valence-electron chi connectivity index (χ2n) is 5.22. The maximum absolute atomic E-state index is 12.4. The zero-order valence-electron chi connectivity index (χ0n) is 12.2. The summed E-state index contributed by atoms with van der Waals surface area (Å²) in [7, 11) is 0. The Labute approximate surface area is 112 Å². The molecule has 1 fully saturated rings. The van der Waals surface area contributed by atoms with Crippen LogP contribution in [0.25, 0.3) is 0 Å². The van der Waals surface area contributed by atoms with Crippen molar-refractivity contribution in [3.05, 3.63) is 0 Å². The Morgan fingerprint density at radius 1 is 1.33 bits per heavy atom. The third-order valence-electron chi connectivity index (χ3n) is 3.76. The maximum Gasteiger partial charge on any atom is 0.236 e. The predicted molar refractivity (Wildman–Crippen MR) is 75.7 cm³/mol. The highest BCUT2D eigenvalue weighted by Crippen LogP contribution is 2.07. The summed E-state index contributed by atoms with van der Waals surface area (Å²) in [5, 5.41) is 3.32. The minimum absolute atomic E-state index is 0.305. The summed E-state index contributed by atoms with van der Waals surface area (Å²) in [6, 6.07) is 0.368. The molecule has 106 valence electrons. The van der Waals surface area contributed by atoms with Gasteiger partial charge in [-0.3, -0.25) is 9.69 Å². The van der Waals surface area contributed by atoms with Crippen molar-refractivity contribution >= 4 is 5.91 Å². The van der Waals surface area contributed by atoms with Gasteiger partial charge in [-0.15, -0.1) is 0 Å². The Bertz CT molecular complexity index is 239. The van der Waals surface area contributed by atoms with E-state index in [1.165, 1.54) is 0 Å². The van der Waals surface area contributed by atoms with E-state index < -0.39 is 0 Å². The van der Waals surface area contributed by atoms with Gasteiger partial charge in [-0.05, 0) is 19.8 Å². The van der Waals surface area contributed by atoms with Crippen LogP contribution in [0.1, 0.15) is 40.0 Å². The van der Waals surface area contributed by atoms with E-state index in [9.17, 15) is 4.79 Å². The lowest BCUT2D eigenvalue weighted by Crippen LogP contribution is -2.50. The average Bonchev–Trinajstić information content (AvgIpc) is 2.40. The molecule has 0 radical (unpaired) electrons. The summed E-state index contributed by atoms with van der Waals surface area (Å²) in [6.07, 6.45) is 3.29. The number of hydrogen-bond acceptors (Lipinski definition) is 3. The minimum Gasteiger partial charge on any atom is -0.339 e. The molecule has 1 N–H and O–H groups in total. The fourth-order valence-corrected chi connectivity index (χ4v) is 2.29. The molecule has 1 saturated heterocycles. The molecule has 0 aromatic heterocycles. The van der Waals surface area contributed by atoms with Gasteiger partial charge in [0.25, 0.3) is 0 Å². The van der Waals surface area contributed by atoms with Crippen molar-refractivity contribution in [3.63, 3.8) is 0 Å². The topological polar surface area (TPSA) is 35.6 Å². The highest BCUT2D eigenvalue weighted by molar-refractivity contribution is 5.78. The number of piperazine rings is 1. The molecule has 0 bridgehead atoms. The van der Waals surface area contributed by atoms with Gasteiger partial charge in [0.15, 0.2) is 0 Å². The van der Waals surface area contributed by atoms with E-state index in [-0.39, 0.29) is 0 Å². The summed E-state index contributed by atoms with van der Waals surface area (Å²) in [6.45, 7) is 12.0. The van der Waals surface area contributed by atoms with Crippen LogP contribution < -0.4 is 5.32 Å². The van der Waals surface area contributed by atoms with E-state index in [4.69, 9.17) is 0 Å². The summed E-state index contributed by atoms with van der Waals surface area (Å²) < 4.78 is 0. The molecule has 1 atom stereocenters. The number of unbranched alkanes of at least 4 members (excludes halogenated alkanes) is 1. The molecule has 1 amide bonds. The number of amides is 1.